The highest BCUT2D eigenvalue weighted by Gasteiger charge is 2.18. The van der Waals surface area contributed by atoms with Crippen LogP contribution in [-0.2, 0) is 4.79 Å². The molecular formula is C22H21N3OS. The van der Waals surface area contributed by atoms with Gasteiger partial charge in [-0.3, -0.25) is 4.79 Å². The minimum absolute atomic E-state index is 0.174. The molecule has 0 N–H and O–H groups in total. The van der Waals surface area contributed by atoms with Gasteiger partial charge in [0.15, 0.2) is 5.16 Å². The summed E-state index contributed by atoms with van der Waals surface area (Å²) in [5, 5.41) is 0.641. The smallest absolute Gasteiger partial charge is 0.233 e. The van der Waals surface area contributed by atoms with E-state index in [4.69, 9.17) is 9.97 Å². The fourth-order valence-electron chi connectivity index (χ4n) is 3.19. The Bertz CT molecular complexity index is 852. The van der Waals surface area contributed by atoms with Crippen molar-refractivity contribution in [1.29, 1.82) is 0 Å². The molecule has 1 amide bonds. The Morgan fingerprint density at radius 1 is 0.852 bits per heavy atom. The van der Waals surface area contributed by atoms with Gasteiger partial charge >= 0.3 is 0 Å². The molecule has 2 heterocycles. The number of hydrogen-bond acceptors (Lipinski definition) is 4. The van der Waals surface area contributed by atoms with Crippen molar-refractivity contribution >= 4 is 17.7 Å². The third kappa shape index (κ3) is 4.37. The predicted octanol–water partition coefficient (Wildman–Crippen LogP) is 4.53. The lowest BCUT2D eigenvalue weighted by atomic mass is 10.1. The van der Waals surface area contributed by atoms with E-state index in [2.05, 4.69) is 0 Å². The number of rotatable bonds is 5. The van der Waals surface area contributed by atoms with Crippen molar-refractivity contribution in [2.75, 3.05) is 18.8 Å². The molecule has 27 heavy (non-hydrogen) atoms. The van der Waals surface area contributed by atoms with Gasteiger partial charge in [0.2, 0.25) is 5.91 Å². The van der Waals surface area contributed by atoms with Crippen LogP contribution in [0.4, 0.5) is 0 Å². The highest BCUT2D eigenvalue weighted by molar-refractivity contribution is 7.99. The molecule has 0 unspecified atom stereocenters. The van der Waals surface area contributed by atoms with Crippen LogP contribution in [0.25, 0.3) is 22.5 Å². The van der Waals surface area contributed by atoms with Crippen LogP contribution in [0.1, 0.15) is 12.8 Å². The van der Waals surface area contributed by atoms with Gasteiger partial charge in [0.1, 0.15) is 0 Å². The first-order valence-electron chi connectivity index (χ1n) is 9.20. The van der Waals surface area contributed by atoms with E-state index < -0.39 is 0 Å². The van der Waals surface area contributed by atoms with Gasteiger partial charge in [-0.05, 0) is 18.9 Å². The van der Waals surface area contributed by atoms with Crippen LogP contribution in [0, 0.1) is 0 Å². The summed E-state index contributed by atoms with van der Waals surface area (Å²) >= 11 is 1.42. The average molecular weight is 375 g/mol. The first-order valence-corrected chi connectivity index (χ1v) is 10.2. The summed E-state index contributed by atoms with van der Waals surface area (Å²) in [6.07, 6.45) is 2.21. The summed E-state index contributed by atoms with van der Waals surface area (Å²) in [4.78, 5) is 23.7. The topological polar surface area (TPSA) is 46.1 Å². The molecule has 1 aromatic heterocycles. The van der Waals surface area contributed by atoms with Crippen LogP contribution in [0.3, 0.4) is 0 Å². The molecule has 1 aliphatic rings. The molecule has 0 aliphatic carbocycles. The molecule has 2 aromatic carbocycles. The second-order valence-electron chi connectivity index (χ2n) is 6.53. The maximum atomic E-state index is 12.4. The van der Waals surface area contributed by atoms with Crippen molar-refractivity contribution in [3.8, 4) is 22.5 Å². The summed E-state index contributed by atoms with van der Waals surface area (Å²) in [6, 6.07) is 22.2. The van der Waals surface area contributed by atoms with Crippen LogP contribution in [0.15, 0.2) is 71.9 Å². The second kappa shape index (κ2) is 8.35. The maximum absolute atomic E-state index is 12.4. The fraction of sp³-hybridized carbons (Fsp3) is 0.227. The van der Waals surface area contributed by atoms with Gasteiger partial charge in [-0.25, -0.2) is 9.97 Å². The highest BCUT2D eigenvalue weighted by atomic mass is 32.2. The van der Waals surface area contributed by atoms with Crippen LogP contribution in [-0.4, -0.2) is 39.6 Å². The molecule has 4 nitrogen and oxygen atoms in total. The van der Waals surface area contributed by atoms with Gasteiger partial charge in [-0.1, -0.05) is 72.4 Å². The Hall–Kier alpha value is -2.66. The monoisotopic (exact) mass is 375 g/mol. The SMILES string of the molecule is O=C(CSc1nc(-c2ccccc2)cc(-c2ccccc2)n1)N1CCCC1. The number of carbonyl (C=O) groups is 1. The van der Waals surface area contributed by atoms with Crippen molar-refractivity contribution < 1.29 is 4.79 Å². The first-order chi connectivity index (χ1) is 13.3. The number of hydrogen-bond donors (Lipinski definition) is 0. The lowest BCUT2D eigenvalue weighted by Crippen LogP contribution is -2.29. The molecule has 0 radical (unpaired) electrons. The zero-order valence-corrected chi connectivity index (χ0v) is 15.9. The van der Waals surface area contributed by atoms with Gasteiger partial charge < -0.3 is 4.90 Å². The van der Waals surface area contributed by atoms with E-state index in [1.807, 2.05) is 71.6 Å². The van der Waals surface area contributed by atoms with Crippen molar-refractivity contribution in [2.45, 2.75) is 18.0 Å². The third-order valence-corrected chi connectivity index (χ3v) is 5.46. The lowest BCUT2D eigenvalue weighted by molar-refractivity contribution is -0.127. The van der Waals surface area contributed by atoms with E-state index in [-0.39, 0.29) is 5.91 Å². The van der Waals surface area contributed by atoms with Gasteiger partial charge in [-0.2, -0.15) is 0 Å². The third-order valence-electron chi connectivity index (χ3n) is 4.63. The highest BCUT2D eigenvalue weighted by Crippen LogP contribution is 2.27. The zero-order valence-electron chi connectivity index (χ0n) is 15.0. The molecule has 1 fully saturated rings. The predicted molar refractivity (Wildman–Crippen MR) is 109 cm³/mol. The minimum atomic E-state index is 0.174. The Balaban J connectivity index is 1.62. The van der Waals surface area contributed by atoms with Crippen molar-refractivity contribution in [3.63, 3.8) is 0 Å². The van der Waals surface area contributed by atoms with Crippen LogP contribution < -0.4 is 0 Å². The van der Waals surface area contributed by atoms with Crippen LogP contribution in [0.2, 0.25) is 0 Å². The molecular weight excluding hydrogens is 354 g/mol. The Kier molecular flexibility index (Phi) is 5.49. The molecule has 0 bridgehead atoms. The standard InChI is InChI=1S/C22H21N3OS/c26-21(25-13-7-8-14-25)16-27-22-23-19(17-9-3-1-4-10-17)15-20(24-22)18-11-5-2-6-12-18/h1-6,9-12,15H,7-8,13-14,16H2. The van der Waals surface area contributed by atoms with E-state index in [0.717, 1.165) is 48.4 Å². The Morgan fingerprint density at radius 3 is 1.89 bits per heavy atom. The number of carbonyl (C=O) groups excluding carboxylic acids is 1. The summed E-state index contributed by atoms with van der Waals surface area (Å²) in [5.41, 5.74) is 3.84. The number of amides is 1. The van der Waals surface area contributed by atoms with Crippen molar-refractivity contribution in [3.05, 3.63) is 66.7 Å². The van der Waals surface area contributed by atoms with Gasteiger partial charge in [0.25, 0.3) is 0 Å². The van der Waals surface area contributed by atoms with E-state index in [1.165, 1.54) is 11.8 Å². The number of benzene rings is 2. The molecule has 1 aliphatic heterocycles. The Morgan fingerprint density at radius 2 is 1.37 bits per heavy atom. The summed E-state index contributed by atoms with van der Waals surface area (Å²) < 4.78 is 0. The molecule has 0 saturated carbocycles. The quantitative estimate of drug-likeness (QED) is 0.486. The molecule has 0 spiro atoms. The summed E-state index contributed by atoms with van der Waals surface area (Å²) in [7, 11) is 0. The van der Waals surface area contributed by atoms with E-state index in [1.54, 1.807) is 0 Å². The molecule has 1 saturated heterocycles. The second-order valence-corrected chi connectivity index (χ2v) is 7.47. The number of thioether (sulfide) groups is 1. The first kappa shape index (κ1) is 17.7. The van der Waals surface area contributed by atoms with Crippen LogP contribution in [0.5, 0.6) is 0 Å². The number of aromatic nitrogens is 2. The molecule has 4 rings (SSSR count). The van der Waals surface area contributed by atoms with E-state index in [9.17, 15) is 4.79 Å². The van der Waals surface area contributed by atoms with E-state index in [0.29, 0.717) is 10.9 Å². The van der Waals surface area contributed by atoms with Gasteiger partial charge in [0.05, 0.1) is 17.1 Å². The van der Waals surface area contributed by atoms with Crippen LogP contribution >= 0.6 is 11.8 Å². The summed E-state index contributed by atoms with van der Waals surface area (Å²) in [5.74, 6) is 0.555. The summed E-state index contributed by atoms with van der Waals surface area (Å²) in [6.45, 7) is 1.75. The zero-order chi connectivity index (χ0) is 18.5. The fourth-order valence-corrected chi connectivity index (χ4v) is 3.95. The number of likely N-dealkylation sites (tertiary alicyclic amines) is 1. The molecule has 5 heteroatoms. The lowest BCUT2D eigenvalue weighted by Gasteiger charge is -2.14. The van der Waals surface area contributed by atoms with E-state index >= 15 is 0 Å². The molecule has 3 aromatic rings. The largest absolute Gasteiger partial charge is 0.342 e. The van der Waals surface area contributed by atoms with Crippen molar-refractivity contribution in [1.82, 2.24) is 14.9 Å². The average Bonchev–Trinajstić information content (AvgIpc) is 3.28. The molecule has 136 valence electrons. The van der Waals surface area contributed by atoms with Crippen molar-refractivity contribution in [2.24, 2.45) is 0 Å². The number of nitrogens with zero attached hydrogens (tertiary/aromatic N) is 3. The normalized spacial score (nSPS) is 13.7. The Labute approximate surface area is 163 Å². The minimum Gasteiger partial charge on any atom is -0.342 e. The maximum Gasteiger partial charge on any atom is 0.233 e. The van der Waals surface area contributed by atoms with Gasteiger partial charge in [-0.15, -0.1) is 0 Å². The molecule has 0 atom stereocenters. The van der Waals surface area contributed by atoms with Gasteiger partial charge in [0, 0.05) is 24.2 Å².